The summed E-state index contributed by atoms with van der Waals surface area (Å²) in [6.07, 6.45) is 78.3. The Hall–Kier alpha value is -3.67. The Morgan fingerprint density at radius 1 is 0.296 bits per heavy atom. The van der Waals surface area contributed by atoms with Crippen molar-refractivity contribution >= 4 is 17.9 Å². The van der Waals surface area contributed by atoms with Crippen molar-refractivity contribution in [3.05, 3.63) is 97.2 Å². The summed E-state index contributed by atoms with van der Waals surface area (Å²) in [6.45, 7) is 6.45. The maximum atomic E-state index is 12.9. The van der Waals surface area contributed by atoms with Gasteiger partial charge in [-0.25, -0.2) is 0 Å². The van der Waals surface area contributed by atoms with E-state index in [0.29, 0.717) is 19.3 Å². The molecule has 0 amide bonds. The van der Waals surface area contributed by atoms with Crippen molar-refractivity contribution in [1.29, 1.82) is 0 Å². The van der Waals surface area contributed by atoms with Crippen LogP contribution in [0.1, 0.15) is 278 Å². The second-order valence-corrected chi connectivity index (χ2v) is 19.5. The molecule has 0 aliphatic carbocycles. The van der Waals surface area contributed by atoms with E-state index in [9.17, 15) is 14.4 Å². The van der Waals surface area contributed by atoms with Gasteiger partial charge in [0.05, 0.1) is 0 Å². The summed E-state index contributed by atoms with van der Waals surface area (Å²) in [5.41, 5.74) is 0. The summed E-state index contributed by atoms with van der Waals surface area (Å²) in [4.78, 5) is 38.2. The quantitative estimate of drug-likeness (QED) is 0.0261. The highest BCUT2D eigenvalue weighted by Gasteiger charge is 2.19. The van der Waals surface area contributed by atoms with Gasteiger partial charge in [-0.1, -0.05) is 240 Å². The highest BCUT2D eigenvalue weighted by molar-refractivity contribution is 5.71. The van der Waals surface area contributed by atoms with E-state index in [1.54, 1.807) is 0 Å². The van der Waals surface area contributed by atoms with E-state index in [2.05, 4.69) is 118 Å². The number of ether oxygens (including phenoxy) is 3. The lowest BCUT2D eigenvalue weighted by molar-refractivity contribution is -0.167. The van der Waals surface area contributed by atoms with Crippen LogP contribution in [0.15, 0.2) is 97.2 Å². The first-order chi connectivity index (χ1) is 35.0. The smallest absolute Gasteiger partial charge is 0.306 e. The molecule has 0 saturated heterocycles. The van der Waals surface area contributed by atoms with Crippen LogP contribution >= 0.6 is 0 Å². The monoisotopic (exact) mass is 987 g/mol. The number of rotatable bonds is 53. The molecule has 0 aromatic heterocycles. The maximum Gasteiger partial charge on any atom is 0.306 e. The molecular weight excluding hydrogens is 877 g/mol. The van der Waals surface area contributed by atoms with Crippen LogP contribution < -0.4 is 0 Å². The van der Waals surface area contributed by atoms with Gasteiger partial charge in [0.25, 0.3) is 0 Å². The molecule has 0 aromatic rings. The predicted octanol–water partition coefficient (Wildman–Crippen LogP) is 20.1. The molecule has 0 heterocycles. The average molecular weight is 988 g/mol. The van der Waals surface area contributed by atoms with Gasteiger partial charge in [-0.15, -0.1) is 0 Å². The molecule has 6 heteroatoms. The van der Waals surface area contributed by atoms with Crippen LogP contribution in [0.3, 0.4) is 0 Å². The standard InChI is InChI=1S/C65H110O6/c1-4-7-10-13-16-19-22-25-28-30-31-32-33-35-38-41-44-47-50-53-56-59-65(68)71-62(60-69-63(66)57-54-51-48-45-42-39-36-27-24-21-18-15-12-9-6-3)61-70-64(67)58-55-52-49-46-43-40-37-34-29-26-23-20-17-14-11-8-5-2/h8,11,17-18,20-21,25-29,36-37,40,46,49,62H,4-7,9-10,12-16,19,22-24,30-35,38-39,41-45,47-48,50-61H2,1-3H3/b11-8-,20-17-,21-18-,28-25-,29-26-,36-27-,40-37-,49-46-/t62-/m0/s1. The lowest BCUT2D eigenvalue weighted by Gasteiger charge is -2.18. The van der Waals surface area contributed by atoms with Crippen molar-refractivity contribution in [3.63, 3.8) is 0 Å². The molecule has 0 radical (unpaired) electrons. The van der Waals surface area contributed by atoms with Crippen LogP contribution in [0.2, 0.25) is 0 Å². The van der Waals surface area contributed by atoms with Gasteiger partial charge in [0, 0.05) is 19.3 Å². The van der Waals surface area contributed by atoms with E-state index in [4.69, 9.17) is 14.2 Å². The van der Waals surface area contributed by atoms with Crippen LogP contribution in [-0.2, 0) is 28.6 Å². The maximum absolute atomic E-state index is 12.9. The Kier molecular flexibility index (Phi) is 55.9. The van der Waals surface area contributed by atoms with Crippen molar-refractivity contribution in [1.82, 2.24) is 0 Å². The Bertz CT molecular complexity index is 1410. The van der Waals surface area contributed by atoms with E-state index in [0.717, 1.165) is 103 Å². The molecule has 0 rings (SSSR count). The Morgan fingerprint density at radius 3 is 0.958 bits per heavy atom. The third-order valence-electron chi connectivity index (χ3n) is 12.5. The number of hydrogen-bond acceptors (Lipinski definition) is 6. The largest absolute Gasteiger partial charge is 0.462 e. The minimum atomic E-state index is -0.808. The molecule has 0 aromatic carbocycles. The molecule has 0 saturated carbocycles. The van der Waals surface area contributed by atoms with Crippen LogP contribution in [0.5, 0.6) is 0 Å². The predicted molar refractivity (Wildman–Crippen MR) is 307 cm³/mol. The fraction of sp³-hybridized carbons (Fsp3) is 0.708. The van der Waals surface area contributed by atoms with Crippen molar-refractivity contribution in [2.45, 2.75) is 284 Å². The minimum Gasteiger partial charge on any atom is -0.462 e. The normalized spacial score (nSPS) is 12.8. The van der Waals surface area contributed by atoms with Crippen LogP contribution in [0.25, 0.3) is 0 Å². The molecule has 71 heavy (non-hydrogen) atoms. The summed E-state index contributed by atoms with van der Waals surface area (Å²) in [7, 11) is 0. The fourth-order valence-corrected chi connectivity index (χ4v) is 8.09. The van der Waals surface area contributed by atoms with E-state index >= 15 is 0 Å². The zero-order valence-corrected chi connectivity index (χ0v) is 46.5. The van der Waals surface area contributed by atoms with Gasteiger partial charge in [0.2, 0.25) is 0 Å². The van der Waals surface area contributed by atoms with Gasteiger partial charge in [-0.3, -0.25) is 14.4 Å². The molecule has 0 fully saturated rings. The van der Waals surface area contributed by atoms with Crippen LogP contribution in [-0.4, -0.2) is 37.2 Å². The number of carbonyl (C=O) groups excluding carboxylic acids is 3. The molecule has 0 N–H and O–H groups in total. The first-order valence-corrected chi connectivity index (χ1v) is 29.7. The molecule has 0 unspecified atom stereocenters. The molecule has 6 nitrogen and oxygen atoms in total. The van der Waals surface area contributed by atoms with E-state index in [1.165, 1.54) is 128 Å². The molecule has 0 spiro atoms. The van der Waals surface area contributed by atoms with Gasteiger partial charge in [-0.2, -0.15) is 0 Å². The number of carbonyl (C=O) groups is 3. The third kappa shape index (κ3) is 57.1. The fourth-order valence-electron chi connectivity index (χ4n) is 8.09. The van der Waals surface area contributed by atoms with Crippen LogP contribution in [0, 0.1) is 0 Å². The molecule has 406 valence electrons. The molecular formula is C65H110O6. The molecule has 0 bridgehead atoms. The summed E-state index contributed by atoms with van der Waals surface area (Å²) in [6, 6.07) is 0. The van der Waals surface area contributed by atoms with Gasteiger partial charge in [0.1, 0.15) is 13.2 Å². The summed E-state index contributed by atoms with van der Waals surface area (Å²) >= 11 is 0. The second-order valence-electron chi connectivity index (χ2n) is 19.5. The van der Waals surface area contributed by atoms with Crippen molar-refractivity contribution in [3.8, 4) is 0 Å². The summed E-state index contributed by atoms with van der Waals surface area (Å²) in [5, 5.41) is 0. The van der Waals surface area contributed by atoms with Crippen LogP contribution in [0.4, 0.5) is 0 Å². The minimum absolute atomic E-state index is 0.103. The number of unbranched alkanes of at least 4 members (excludes halogenated alkanes) is 26. The highest BCUT2D eigenvalue weighted by atomic mass is 16.6. The van der Waals surface area contributed by atoms with Gasteiger partial charge in [-0.05, 0) is 116 Å². The molecule has 0 aliphatic heterocycles. The summed E-state index contributed by atoms with van der Waals surface area (Å²) < 4.78 is 16.8. The molecule has 0 aliphatic rings. The van der Waals surface area contributed by atoms with E-state index < -0.39 is 6.10 Å². The second kappa shape index (κ2) is 58.9. The topological polar surface area (TPSA) is 78.9 Å². The third-order valence-corrected chi connectivity index (χ3v) is 12.5. The Morgan fingerprint density at radius 2 is 0.563 bits per heavy atom. The zero-order chi connectivity index (χ0) is 51.4. The molecule has 1 atom stereocenters. The van der Waals surface area contributed by atoms with Crippen molar-refractivity contribution in [2.75, 3.05) is 13.2 Å². The SMILES string of the molecule is CC/C=C\C/C=C\C/C=C\C/C=C\C/C=C\CCCC(=O)OC[C@H](COC(=O)CCCCCCC/C=C\C/C=C\CCCCC)OC(=O)CCCCCCCCCCCCC/C=C\CCCCCCCC. The number of hydrogen-bond donors (Lipinski definition) is 0. The van der Waals surface area contributed by atoms with Gasteiger partial charge < -0.3 is 14.2 Å². The lowest BCUT2D eigenvalue weighted by Crippen LogP contribution is -2.30. The number of allylic oxidation sites excluding steroid dienone is 16. The zero-order valence-electron chi connectivity index (χ0n) is 46.5. The first kappa shape index (κ1) is 67.3. The van der Waals surface area contributed by atoms with Gasteiger partial charge in [0.15, 0.2) is 6.10 Å². The van der Waals surface area contributed by atoms with Crippen molar-refractivity contribution in [2.24, 2.45) is 0 Å². The van der Waals surface area contributed by atoms with Gasteiger partial charge >= 0.3 is 17.9 Å². The lowest BCUT2D eigenvalue weighted by atomic mass is 10.0. The highest BCUT2D eigenvalue weighted by Crippen LogP contribution is 2.15. The Balaban J connectivity index is 4.46. The van der Waals surface area contributed by atoms with E-state index in [1.807, 2.05) is 0 Å². The Labute approximate surface area is 438 Å². The van der Waals surface area contributed by atoms with Crippen molar-refractivity contribution < 1.29 is 28.6 Å². The first-order valence-electron chi connectivity index (χ1n) is 29.7. The average Bonchev–Trinajstić information content (AvgIpc) is 3.37. The van der Waals surface area contributed by atoms with E-state index in [-0.39, 0.29) is 37.5 Å². The number of esters is 3. The summed E-state index contributed by atoms with van der Waals surface area (Å²) in [5.74, 6) is -0.971.